The quantitative estimate of drug-likeness (QED) is 0.357. The summed E-state index contributed by atoms with van der Waals surface area (Å²) in [6.07, 6.45) is 5.10. The zero-order valence-corrected chi connectivity index (χ0v) is 20.8. The summed E-state index contributed by atoms with van der Waals surface area (Å²) in [6.45, 7) is 2.67. The predicted octanol–water partition coefficient (Wildman–Crippen LogP) is 4.47. The monoisotopic (exact) mass is 498 g/mol. The molecule has 0 spiro atoms. The van der Waals surface area contributed by atoms with Crippen LogP contribution in [0.5, 0.6) is 0 Å². The molecule has 2 aliphatic heterocycles. The number of hydrogen-bond donors (Lipinski definition) is 1. The van der Waals surface area contributed by atoms with Gasteiger partial charge < -0.3 is 10.6 Å². The summed E-state index contributed by atoms with van der Waals surface area (Å²) in [5.41, 5.74) is 12.8. The Labute approximate surface area is 220 Å². The minimum atomic E-state index is 0.360. The molecule has 186 valence electrons. The Morgan fingerprint density at radius 2 is 1.74 bits per heavy atom. The molecule has 2 aromatic carbocycles. The van der Waals surface area contributed by atoms with Crippen molar-refractivity contribution >= 4 is 17.0 Å². The summed E-state index contributed by atoms with van der Waals surface area (Å²) in [4.78, 5) is 18.7. The molecule has 0 unspecified atom stereocenters. The first-order valence-corrected chi connectivity index (χ1v) is 12.8. The molecular weight excluding hydrogens is 472 g/mol. The minimum Gasteiger partial charge on any atom is -0.383 e. The zero-order chi connectivity index (χ0) is 25.6. The topological polar surface area (TPSA) is 99.9 Å². The zero-order valence-electron chi connectivity index (χ0n) is 20.8. The van der Waals surface area contributed by atoms with Crippen LogP contribution in [0.4, 0.5) is 5.82 Å². The molecule has 3 aromatic heterocycles. The smallest absolute Gasteiger partial charge is 0.179 e. The van der Waals surface area contributed by atoms with Crippen molar-refractivity contribution < 1.29 is 0 Å². The number of rotatable bonds is 5. The van der Waals surface area contributed by atoms with Crippen LogP contribution in [-0.2, 0) is 6.54 Å². The van der Waals surface area contributed by atoms with Crippen LogP contribution in [0, 0.1) is 11.5 Å². The summed E-state index contributed by atoms with van der Waals surface area (Å²) in [6, 6.07) is 27.4. The molecule has 2 N–H and O–H groups in total. The first-order chi connectivity index (χ1) is 18.7. The van der Waals surface area contributed by atoms with E-state index in [1.807, 2.05) is 47.4 Å². The number of nitrogens with zero attached hydrogens (tertiary/aromatic N) is 7. The minimum absolute atomic E-state index is 0.360. The van der Waals surface area contributed by atoms with Crippen LogP contribution in [0.2, 0.25) is 0 Å². The van der Waals surface area contributed by atoms with E-state index in [1.165, 1.54) is 5.56 Å². The first-order valence-electron chi connectivity index (χ1n) is 12.8. The van der Waals surface area contributed by atoms with Crippen LogP contribution in [0.3, 0.4) is 0 Å². The third-order valence-corrected chi connectivity index (χ3v) is 7.72. The van der Waals surface area contributed by atoms with Crippen molar-refractivity contribution in [1.82, 2.24) is 29.3 Å². The Bertz CT molecular complexity index is 1670. The van der Waals surface area contributed by atoms with Crippen LogP contribution >= 0.6 is 0 Å². The van der Waals surface area contributed by atoms with Crippen molar-refractivity contribution in [3.8, 4) is 34.5 Å². The van der Waals surface area contributed by atoms with E-state index in [1.54, 1.807) is 6.20 Å². The molecule has 0 aliphatic carbocycles. The number of likely N-dealkylation sites (tertiary alicyclic amines) is 2. The van der Waals surface area contributed by atoms with E-state index in [2.05, 4.69) is 57.0 Å². The summed E-state index contributed by atoms with van der Waals surface area (Å²) < 4.78 is 2.07. The number of nitriles is 1. The van der Waals surface area contributed by atoms with Gasteiger partial charge in [0.15, 0.2) is 17.7 Å². The number of benzene rings is 2. The molecule has 2 fully saturated rings. The van der Waals surface area contributed by atoms with Gasteiger partial charge in [0.05, 0.1) is 17.3 Å². The molecule has 38 heavy (non-hydrogen) atoms. The fraction of sp³-hybridized carbons (Fsp3) is 0.200. The Morgan fingerprint density at radius 1 is 0.895 bits per heavy atom. The molecule has 5 aromatic rings. The van der Waals surface area contributed by atoms with Gasteiger partial charge in [-0.2, -0.15) is 5.26 Å². The highest BCUT2D eigenvalue weighted by atomic mass is 15.3. The molecule has 0 saturated carbocycles. The maximum Gasteiger partial charge on any atom is 0.179 e. The Morgan fingerprint density at radius 3 is 2.47 bits per heavy atom. The van der Waals surface area contributed by atoms with E-state index in [-0.39, 0.29) is 0 Å². The highest BCUT2D eigenvalue weighted by Gasteiger charge is 2.42. The number of nitrogen functional groups attached to an aromatic ring is 1. The number of pyridine rings is 2. The molecule has 0 radical (unpaired) electrons. The van der Waals surface area contributed by atoms with E-state index < -0.39 is 0 Å². The van der Waals surface area contributed by atoms with Gasteiger partial charge in [0.1, 0.15) is 11.3 Å². The van der Waals surface area contributed by atoms with Gasteiger partial charge in [-0.25, -0.2) is 15.0 Å². The fourth-order valence-corrected chi connectivity index (χ4v) is 5.81. The highest BCUT2D eigenvalue weighted by Crippen LogP contribution is 2.33. The van der Waals surface area contributed by atoms with Crippen molar-refractivity contribution in [3.05, 3.63) is 90.6 Å². The average Bonchev–Trinajstić information content (AvgIpc) is 3.66. The van der Waals surface area contributed by atoms with Crippen LogP contribution < -0.4 is 5.73 Å². The maximum absolute atomic E-state index is 9.30. The van der Waals surface area contributed by atoms with E-state index in [0.717, 1.165) is 59.7 Å². The lowest BCUT2D eigenvalue weighted by molar-refractivity contribution is 0.161. The first kappa shape index (κ1) is 22.5. The lowest BCUT2D eigenvalue weighted by Crippen LogP contribution is -2.43. The van der Waals surface area contributed by atoms with Crippen molar-refractivity contribution in [1.29, 1.82) is 5.26 Å². The maximum atomic E-state index is 9.30. The molecule has 8 nitrogen and oxygen atoms in total. The Kier molecular flexibility index (Phi) is 5.31. The lowest BCUT2D eigenvalue weighted by Gasteiger charge is -2.31. The number of fused-ring (bicyclic) bond motifs is 3. The SMILES string of the molecule is N#CN1C[C@@H]2C[C@H]1CN2Cc1ccc(-n2c(-c3cccnc3N)nc3ccc(-c4ccccc4)nc32)cc1. The van der Waals surface area contributed by atoms with Gasteiger partial charge in [-0.3, -0.25) is 9.47 Å². The number of hydrogen-bond acceptors (Lipinski definition) is 7. The number of nitrogens with two attached hydrogens (primary N) is 1. The molecule has 2 bridgehead atoms. The predicted molar refractivity (Wildman–Crippen MR) is 147 cm³/mol. The molecule has 7 rings (SSSR count). The lowest BCUT2D eigenvalue weighted by atomic mass is 10.1. The normalized spacial score (nSPS) is 18.8. The third-order valence-electron chi connectivity index (χ3n) is 7.72. The Balaban J connectivity index is 1.28. The molecular formula is C30H26N8. The standard InChI is InChI=1S/C30H26N8/c31-19-37-18-23-15-24(37)17-36(23)16-20-8-10-22(11-9-20)38-29(25-7-4-14-33-28(25)32)35-27-13-12-26(34-30(27)38)21-5-2-1-3-6-21/h1-14,23-24H,15-18H2,(H2,32,33)/t23-,24-/m0/s1. The molecule has 2 saturated heterocycles. The van der Waals surface area contributed by atoms with E-state index in [4.69, 9.17) is 15.7 Å². The molecule has 8 heteroatoms. The molecule has 0 amide bonds. The molecule has 2 aliphatic rings. The van der Waals surface area contributed by atoms with Gasteiger partial charge in [-0.05, 0) is 48.4 Å². The van der Waals surface area contributed by atoms with Crippen molar-refractivity contribution in [3.63, 3.8) is 0 Å². The fourth-order valence-electron chi connectivity index (χ4n) is 5.81. The third kappa shape index (κ3) is 3.76. The van der Waals surface area contributed by atoms with Crippen molar-refractivity contribution in [2.75, 3.05) is 18.8 Å². The van der Waals surface area contributed by atoms with E-state index >= 15 is 0 Å². The Hall–Kier alpha value is -4.74. The summed E-state index contributed by atoms with van der Waals surface area (Å²) >= 11 is 0. The van der Waals surface area contributed by atoms with Crippen LogP contribution in [0.15, 0.2) is 85.1 Å². The second kappa shape index (κ2) is 8.98. The van der Waals surface area contributed by atoms with E-state index in [0.29, 0.717) is 23.7 Å². The van der Waals surface area contributed by atoms with Crippen LogP contribution in [0.1, 0.15) is 12.0 Å². The summed E-state index contributed by atoms with van der Waals surface area (Å²) in [5.74, 6) is 1.14. The second-order valence-corrected chi connectivity index (χ2v) is 10.0. The van der Waals surface area contributed by atoms with E-state index in [9.17, 15) is 5.26 Å². The number of piperazine rings is 1. The van der Waals surface area contributed by atoms with Crippen molar-refractivity contribution in [2.45, 2.75) is 25.0 Å². The number of imidazole rings is 1. The second-order valence-electron chi connectivity index (χ2n) is 10.0. The summed E-state index contributed by atoms with van der Waals surface area (Å²) in [7, 11) is 0. The summed E-state index contributed by atoms with van der Waals surface area (Å²) in [5, 5.41) is 9.30. The van der Waals surface area contributed by atoms with Gasteiger partial charge in [-0.15, -0.1) is 0 Å². The largest absolute Gasteiger partial charge is 0.383 e. The molecule has 5 heterocycles. The van der Waals surface area contributed by atoms with Crippen LogP contribution in [0.25, 0.3) is 39.5 Å². The van der Waals surface area contributed by atoms with Gasteiger partial charge >= 0.3 is 0 Å². The average molecular weight is 499 g/mol. The number of anilines is 1. The highest BCUT2D eigenvalue weighted by molar-refractivity contribution is 5.84. The molecule has 2 atom stereocenters. The number of aromatic nitrogens is 4. The van der Waals surface area contributed by atoms with Gasteiger partial charge in [-0.1, -0.05) is 42.5 Å². The van der Waals surface area contributed by atoms with Gasteiger partial charge in [0, 0.05) is 43.1 Å². The van der Waals surface area contributed by atoms with Crippen LogP contribution in [-0.4, -0.2) is 54.5 Å². The van der Waals surface area contributed by atoms with Gasteiger partial charge in [0.25, 0.3) is 0 Å². The van der Waals surface area contributed by atoms with Gasteiger partial charge in [0.2, 0.25) is 0 Å². The van der Waals surface area contributed by atoms with Crippen molar-refractivity contribution in [2.24, 2.45) is 0 Å².